The maximum Gasteiger partial charge on any atom is 0.160 e. The third-order valence-electron chi connectivity index (χ3n) is 11.5. The average molecular weight is 704 g/mol. The SMILES string of the molecule is c1ccc(-c2cc(-c3cc(-c4cncnc4)cc(-c4cc(C5CCCCC5)cc(C5CCCCC5)c4)c3)nc(-c3ccc(-c4cccnc4)cc3)n2)cc1. The number of pyridine rings is 1. The van der Waals surface area contributed by atoms with Crippen molar-refractivity contribution in [2.75, 3.05) is 0 Å². The molecule has 2 aliphatic rings. The van der Waals surface area contributed by atoms with Crippen molar-refractivity contribution in [1.82, 2.24) is 24.9 Å². The smallest absolute Gasteiger partial charge is 0.160 e. The van der Waals surface area contributed by atoms with Gasteiger partial charge in [0.1, 0.15) is 6.33 Å². The first-order chi connectivity index (χ1) is 26.7. The summed E-state index contributed by atoms with van der Waals surface area (Å²) in [6, 6.07) is 39.6. The van der Waals surface area contributed by atoms with Crippen molar-refractivity contribution in [2.45, 2.75) is 76.0 Å². The third kappa shape index (κ3) is 7.49. The highest BCUT2D eigenvalue weighted by Gasteiger charge is 2.22. The Balaban J connectivity index is 1.20. The summed E-state index contributed by atoms with van der Waals surface area (Å²) in [5.41, 5.74) is 14.6. The van der Waals surface area contributed by atoms with Crippen molar-refractivity contribution in [3.8, 4) is 67.3 Å². The van der Waals surface area contributed by atoms with Gasteiger partial charge < -0.3 is 0 Å². The minimum absolute atomic E-state index is 0.633. The van der Waals surface area contributed by atoms with Gasteiger partial charge in [-0.1, -0.05) is 117 Å². The van der Waals surface area contributed by atoms with Crippen LogP contribution in [0.15, 0.2) is 140 Å². The summed E-state index contributed by atoms with van der Waals surface area (Å²) in [7, 11) is 0. The van der Waals surface area contributed by atoms with Crippen LogP contribution >= 0.6 is 0 Å². The van der Waals surface area contributed by atoms with Gasteiger partial charge in [0.2, 0.25) is 0 Å². The number of nitrogens with zero attached hydrogens (tertiary/aromatic N) is 5. The Labute approximate surface area is 318 Å². The minimum Gasteiger partial charge on any atom is -0.264 e. The maximum absolute atomic E-state index is 5.30. The number of hydrogen-bond acceptors (Lipinski definition) is 5. The standard InChI is InChI=1S/C49H45N5/c1-4-11-34(12-5-1)40-23-41(35-13-6-2-7-14-35)25-42(24-40)43-26-44(46-31-51-33-52-32-46)28-45(27-43)48-29-47(37-15-8-3-9-16-37)53-49(54-48)38-20-18-36(19-21-38)39-17-10-22-50-30-39/h3,8-10,15-35H,1-2,4-7,11-14H2. The molecule has 3 heterocycles. The molecular weight excluding hydrogens is 659 g/mol. The van der Waals surface area contributed by atoms with Crippen LogP contribution < -0.4 is 0 Å². The summed E-state index contributed by atoms with van der Waals surface area (Å²) in [5.74, 6) is 1.96. The lowest BCUT2D eigenvalue weighted by molar-refractivity contribution is 0.435. The maximum atomic E-state index is 5.30. The molecule has 0 bridgehead atoms. The Bertz CT molecular complexity index is 2290. The fourth-order valence-electron chi connectivity index (χ4n) is 8.57. The Hall–Kier alpha value is -5.81. The number of aromatic nitrogens is 5. The van der Waals surface area contributed by atoms with Crippen molar-refractivity contribution in [3.63, 3.8) is 0 Å². The molecule has 0 unspecified atom stereocenters. The molecule has 7 aromatic rings. The largest absolute Gasteiger partial charge is 0.264 e. The molecule has 5 nitrogen and oxygen atoms in total. The Kier molecular flexibility index (Phi) is 9.85. The highest BCUT2D eigenvalue weighted by Crippen LogP contribution is 2.41. The molecule has 0 atom stereocenters. The predicted molar refractivity (Wildman–Crippen MR) is 220 cm³/mol. The van der Waals surface area contributed by atoms with E-state index in [1.54, 1.807) is 12.5 Å². The van der Waals surface area contributed by atoms with Crippen molar-refractivity contribution in [2.24, 2.45) is 0 Å². The van der Waals surface area contributed by atoms with Crippen molar-refractivity contribution in [3.05, 3.63) is 151 Å². The van der Waals surface area contributed by atoms with Crippen LogP contribution in [0.1, 0.15) is 87.2 Å². The number of benzene rings is 4. The molecule has 0 amide bonds. The summed E-state index contributed by atoms with van der Waals surface area (Å²) in [6.45, 7) is 0. The summed E-state index contributed by atoms with van der Waals surface area (Å²) >= 11 is 0. The van der Waals surface area contributed by atoms with Crippen LogP contribution in [0, 0.1) is 0 Å². The van der Waals surface area contributed by atoms with Gasteiger partial charge in [0.15, 0.2) is 5.82 Å². The first kappa shape index (κ1) is 34.0. The summed E-state index contributed by atoms with van der Waals surface area (Å²) in [6.07, 6.45) is 22.3. The third-order valence-corrected chi connectivity index (χ3v) is 11.5. The van der Waals surface area contributed by atoms with Gasteiger partial charge in [-0.2, -0.15) is 0 Å². The monoisotopic (exact) mass is 703 g/mol. The Morgan fingerprint density at radius 1 is 0.370 bits per heavy atom. The van der Waals surface area contributed by atoms with E-state index in [-0.39, 0.29) is 0 Å². The minimum atomic E-state index is 0.633. The van der Waals surface area contributed by atoms with E-state index in [1.807, 2.05) is 30.7 Å². The molecule has 3 aromatic heterocycles. The fraction of sp³-hybridized carbons (Fsp3) is 0.245. The topological polar surface area (TPSA) is 64.5 Å². The highest BCUT2D eigenvalue weighted by molar-refractivity contribution is 5.82. The van der Waals surface area contributed by atoms with Gasteiger partial charge in [-0.05, 0) is 107 Å². The van der Waals surface area contributed by atoms with Crippen molar-refractivity contribution in [1.29, 1.82) is 0 Å². The highest BCUT2D eigenvalue weighted by atomic mass is 14.9. The fourth-order valence-corrected chi connectivity index (χ4v) is 8.57. The molecule has 0 N–H and O–H groups in total. The van der Waals surface area contributed by atoms with Gasteiger partial charge in [-0.15, -0.1) is 0 Å². The second-order valence-electron chi connectivity index (χ2n) is 15.1. The molecule has 266 valence electrons. The molecule has 0 saturated heterocycles. The molecule has 0 aliphatic heterocycles. The number of rotatable bonds is 8. The molecule has 5 heteroatoms. The quantitative estimate of drug-likeness (QED) is 0.158. The first-order valence-electron chi connectivity index (χ1n) is 19.7. The van der Waals surface area contributed by atoms with Gasteiger partial charge in [0.05, 0.1) is 11.4 Å². The van der Waals surface area contributed by atoms with Crippen LogP contribution in [0.3, 0.4) is 0 Å². The van der Waals surface area contributed by atoms with Crippen molar-refractivity contribution >= 4 is 0 Å². The van der Waals surface area contributed by atoms with Crippen molar-refractivity contribution < 1.29 is 0 Å². The van der Waals surface area contributed by atoms with E-state index < -0.39 is 0 Å². The molecule has 0 radical (unpaired) electrons. The van der Waals surface area contributed by atoms with Crippen LogP contribution in [0.25, 0.3) is 67.3 Å². The van der Waals surface area contributed by atoms with Gasteiger partial charge in [-0.3, -0.25) is 4.98 Å². The van der Waals surface area contributed by atoms with E-state index in [9.17, 15) is 0 Å². The molecule has 2 aliphatic carbocycles. The molecule has 4 aromatic carbocycles. The van der Waals surface area contributed by atoms with Crippen LogP contribution in [0.2, 0.25) is 0 Å². The average Bonchev–Trinajstić information content (AvgIpc) is 3.27. The van der Waals surface area contributed by atoms with E-state index in [1.165, 1.54) is 86.5 Å². The van der Waals surface area contributed by atoms with Crippen LogP contribution in [0.5, 0.6) is 0 Å². The summed E-state index contributed by atoms with van der Waals surface area (Å²) in [5, 5.41) is 0. The van der Waals surface area contributed by atoms with Gasteiger partial charge in [0.25, 0.3) is 0 Å². The first-order valence-corrected chi connectivity index (χ1v) is 19.7. The zero-order valence-electron chi connectivity index (χ0n) is 30.7. The Morgan fingerprint density at radius 3 is 1.54 bits per heavy atom. The van der Waals surface area contributed by atoms with Gasteiger partial charge >= 0.3 is 0 Å². The van der Waals surface area contributed by atoms with Gasteiger partial charge in [0, 0.05) is 47.0 Å². The lowest BCUT2D eigenvalue weighted by atomic mass is 9.78. The molecule has 54 heavy (non-hydrogen) atoms. The summed E-state index contributed by atoms with van der Waals surface area (Å²) in [4.78, 5) is 23.6. The molecular formula is C49H45N5. The van der Waals surface area contributed by atoms with Gasteiger partial charge in [-0.25, -0.2) is 19.9 Å². The van der Waals surface area contributed by atoms with E-state index in [0.717, 1.165) is 50.3 Å². The van der Waals surface area contributed by atoms with Crippen LogP contribution in [0.4, 0.5) is 0 Å². The molecule has 9 rings (SSSR count). The number of hydrogen-bond donors (Lipinski definition) is 0. The lowest BCUT2D eigenvalue weighted by Crippen LogP contribution is -2.08. The van der Waals surface area contributed by atoms with Crippen LogP contribution in [-0.4, -0.2) is 24.9 Å². The van der Waals surface area contributed by atoms with Crippen LogP contribution in [-0.2, 0) is 0 Å². The zero-order chi connectivity index (χ0) is 36.1. The normalized spacial score (nSPS) is 15.3. The summed E-state index contributed by atoms with van der Waals surface area (Å²) < 4.78 is 0. The zero-order valence-corrected chi connectivity index (χ0v) is 30.7. The lowest BCUT2D eigenvalue weighted by Gasteiger charge is -2.27. The molecule has 2 fully saturated rings. The second-order valence-corrected chi connectivity index (χ2v) is 15.1. The molecule has 0 spiro atoms. The van der Waals surface area contributed by atoms with E-state index >= 15 is 0 Å². The Morgan fingerprint density at radius 2 is 0.907 bits per heavy atom. The van der Waals surface area contributed by atoms with E-state index in [0.29, 0.717) is 17.7 Å². The van der Waals surface area contributed by atoms with E-state index in [4.69, 9.17) is 9.97 Å². The second kappa shape index (κ2) is 15.7. The predicted octanol–water partition coefficient (Wildman–Crippen LogP) is 12.8. The van der Waals surface area contributed by atoms with E-state index in [2.05, 4.69) is 112 Å². The molecule has 2 saturated carbocycles.